The number of carbonyl (C=O) groups is 1. The fraction of sp³-hybridized carbons (Fsp3) is 0.917. The zero-order valence-corrected chi connectivity index (χ0v) is 14.7. The second-order valence-corrected chi connectivity index (χ2v) is 16.3. The van der Waals surface area contributed by atoms with Crippen LogP contribution in [0.1, 0.15) is 20.3 Å². The predicted octanol–water partition coefficient (Wildman–Crippen LogP) is 3.20. The Labute approximate surface area is 109 Å². The molecule has 0 aliphatic heterocycles. The van der Waals surface area contributed by atoms with E-state index < -0.39 is 16.6 Å². The Balaban J connectivity index is 4.63. The van der Waals surface area contributed by atoms with Crippen molar-refractivity contribution in [1.82, 2.24) is 4.98 Å². The Hall–Kier alpha value is -0.136. The van der Waals surface area contributed by atoms with Crippen LogP contribution in [-0.4, -0.2) is 28.6 Å². The molecule has 0 heterocycles. The lowest BCUT2D eigenvalue weighted by Gasteiger charge is -2.29. The summed E-state index contributed by atoms with van der Waals surface area (Å²) in [4.78, 5) is 15.6. The van der Waals surface area contributed by atoms with E-state index in [1.54, 1.807) is 0 Å². The lowest BCUT2D eigenvalue weighted by Crippen LogP contribution is -2.53. The molecule has 0 aromatic rings. The smallest absolute Gasteiger partial charge is 0.309 e. The van der Waals surface area contributed by atoms with Crippen LogP contribution in [0.2, 0.25) is 39.3 Å². The third-order valence-electron chi connectivity index (χ3n) is 2.01. The summed E-state index contributed by atoms with van der Waals surface area (Å²) < 4.78 is 5.61. The van der Waals surface area contributed by atoms with E-state index in [1.165, 1.54) is 0 Å². The Morgan fingerprint density at radius 2 is 1.59 bits per heavy atom. The number of rotatable bonds is 6. The molecule has 5 heteroatoms. The lowest BCUT2D eigenvalue weighted by atomic mass is 10.1. The van der Waals surface area contributed by atoms with Gasteiger partial charge in [-0.3, -0.25) is 4.79 Å². The molecule has 1 N–H and O–H groups in total. The van der Waals surface area contributed by atoms with Crippen molar-refractivity contribution in [2.45, 2.75) is 65.6 Å². The summed E-state index contributed by atoms with van der Waals surface area (Å²) in [6.45, 7) is 17.1. The lowest BCUT2D eigenvalue weighted by molar-refractivity contribution is -0.137. The number of nitrogens with one attached hydrogen (secondary N) is 1. The summed E-state index contributed by atoms with van der Waals surface area (Å²) in [6, 6.07) is -0.131. The van der Waals surface area contributed by atoms with E-state index in [0.29, 0.717) is 5.92 Å². The highest BCUT2D eigenvalue weighted by atomic mass is 28.4. The molecule has 3 nitrogen and oxygen atoms in total. The van der Waals surface area contributed by atoms with Gasteiger partial charge in [0, 0.05) is 0 Å². The second-order valence-electron chi connectivity index (χ2n) is 7.11. The van der Waals surface area contributed by atoms with Gasteiger partial charge < -0.3 is 9.41 Å². The average molecular weight is 276 g/mol. The molecule has 0 fully saturated rings. The minimum absolute atomic E-state index is 0.0553. The zero-order valence-electron chi connectivity index (χ0n) is 12.7. The van der Waals surface area contributed by atoms with Gasteiger partial charge in [-0.25, -0.2) is 0 Å². The first-order valence-corrected chi connectivity index (χ1v) is 13.3. The van der Waals surface area contributed by atoms with Crippen molar-refractivity contribution in [3.05, 3.63) is 0 Å². The first kappa shape index (κ1) is 16.9. The van der Waals surface area contributed by atoms with E-state index in [1.807, 2.05) is 19.6 Å². The number of carbonyl (C=O) groups excluding carboxylic acids is 1. The van der Waals surface area contributed by atoms with Gasteiger partial charge in [0.05, 0.1) is 6.04 Å². The number of hydrogen-bond acceptors (Lipinski definition) is 3. The van der Waals surface area contributed by atoms with Crippen LogP contribution in [0.4, 0.5) is 0 Å². The van der Waals surface area contributed by atoms with Crippen LogP contribution in [0.3, 0.4) is 0 Å². The molecule has 0 spiro atoms. The van der Waals surface area contributed by atoms with E-state index in [2.05, 4.69) is 38.5 Å². The molecular weight excluding hydrogens is 246 g/mol. The maximum absolute atomic E-state index is 12.1. The maximum atomic E-state index is 12.1. The molecule has 0 bridgehead atoms. The summed E-state index contributed by atoms with van der Waals surface area (Å²) in [6.07, 6.45) is 0.855. The molecule has 0 radical (unpaired) electrons. The van der Waals surface area contributed by atoms with Crippen LogP contribution < -0.4 is 4.98 Å². The van der Waals surface area contributed by atoms with Gasteiger partial charge in [0.2, 0.25) is 8.32 Å². The van der Waals surface area contributed by atoms with Gasteiger partial charge in [-0.15, -0.1) is 0 Å². The highest BCUT2D eigenvalue weighted by molar-refractivity contribution is 6.74. The molecule has 0 amide bonds. The third kappa shape index (κ3) is 9.55. The average Bonchev–Trinajstić information content (AvgIpc) is 1.95. The molecule has 1 atom stereocenters. The van der Waals surface area contributed by atoms with Crippen LogP contribution in [0.5, 0.6) is 0 Å². The van der Waals surface area contributed by atoms with Crippen LogP contribution in [0.15, 0.2) is 0 Å². The maximum Gasteiger partial charge on any atom is 0.309 e. The quantitative estimate of drug-likeness (QED) is 0.757. The summed E-state index contributed by atoms with van der Waals surface area (Å²) in [5.74, 6) is 0.443. The molecule has 0 saturated carbocycles. The van der Waals surface area contributed by atoms with Gasteiger partial charge >= 0.3 is 5.97 Å². The topological polar surface area (TPSA) is 38.3 Å². The highest BCUT2D eigenvalue weighted by Gasteiger charge is 2.30. The monoisotopic (exact) mass is 275 g/mol. The van der Waals surface area contributed by atoms with Crippen molar-refractivity contribution in [2.24, 2.45) is 5.92 Å². The molecule has 0 aliphatic carbocycles. The molecule has 0 aliphatic rings. The summed E-state index contributed by atoms with van der Waals surface area (Å²) in [7, 11) is -3.24. The van der Waals surface area contributed by atoms with E-state index in [4.69, 9.17) is 4.43 Å². The minimum Gasteiger partial charge on any atom is -0.519 e. The number of hydrogen-bond donors (Lipinski definition) is 1. The SMILES string of the molecule is CC(C)CC(N[Si](C)(C)C)C(=O)O[Si](C)(C)C. The highest BCUT2D eigenvalue weighted by Crippen LogP contribution is 2.13. The van der Waals surface area contributed by atoms with Crippen LogP contribution >= 0.6 is 0 Å². The van der Waals surface area contributed by atoms with E-state index in [-0.39, 0.29) is 12.0 Å². The molecule has 0 aromatic carbocycles. The van der Waals surface area contributed by atoms with Crippen molar-refractivity contribution in [1.29, 1.82) is 0 Å². The molecule has 1 unspecified atom stereocenters. The van der Waals surface area contributed by atoms with Crippen molar-refractivity contribution in [3.8, 4) is 0 Å². The van der Waals surface area contributed by atoms with Crippen LogP contribution in [0.25, 0.3) is 0 Å². The summed E-state index contributed by atoms with van der Waals surface area (Å²) in [5.41, 5.74) is 0. The van der Waals surface area contributed by atoms with Crippen molar-refractivity contribution in [3.63, 3.8) is 0 Å². The molecule has 102 valence electrons. The van der Waals surface area contributed by atoms with E-state index in [9.17, 15) is 4.79 Å². The third-order valence-corrected chi connectivity index (χ3v) is 4.03. The first-order valence-electron chi connectivity index (χ1n) is 6.41. The van der Waals surface area contributed by atoms with E-state index >= 15 is 0 Å². The van der Waals surface area contributed by atoms with Crippen molar-refractivity contribution >= 4 is 22.5 Å². The van der Waals surface area contributed by atoms with Gasteiger partial charge in [0.1, 0.15) is 8.24 Å². The Bertz CT molecular complexity index is 254. The fourth-order valence-electron chi connectivity index (χ4n) is 1.58. The molecule has 0 aromatic heterocycles. The fourth-order valence-corrected chi connectivity index (χ4v) is 3.61. The summed E-state index contributed by atoms with van der Waals surface area (Å²) in [5, 5.41) is 0. The molecule has 17 heavy (non-hydrogen) atoms. The van der Waals surface area contributed by atoms with E-state index in [0.717, 1.165) is 6.42 Å². The van der Waals surface area contributed by atoms with Gasteiger partial charge in [0.15, 0.2) is 0 Å². The standard InChI is InChI=1S/C12H29NO2Si2/c1-10(2)9-11(13-16(3,4)5)12(14)15-17(6,7)8/h10-11,13H,9H2,1-8H3. The Morgan fingerprint density at radius 3 is 1.88 bits per heavy atom. The molecule has 0 saturated heterocycles. The first-order chi connectivity index (χ1) is 7.41. The minimum atomic E-state index is -1.78. The normalized spacial score (nSPS) is 14.9. The molecule has 0 rings (SSSR count). The van der Waals surface area contributed by atoms with Crippen molar-refractivity contribution in [2.75, 3.05) is 0 Å². The molecular formula is C12H29NO2Si2. The van der Waals surface area contributed by atoms with Crippen LogP contribution in [0, 0.1) is 5.92 Å². The Morgan fingerprint density at radius 1 is 1.12 bits per heavy atom. The predicted molar refractivity (Wildman–Crippen MR) is 79.2 cm³/mol. The van der Waals surface area contributed by atoms with Gasteiger partial charge in [0.25, 0.3) is 0 Å². The Kier molecular flexibility index (Phi) is 6.11. The zero-order chi connectivity index (χ0) is 13.9. The largest absolute Gasteiger partial charge is 0.519 e. The van der Waals surface area contributed by atoms with Crippen molar-refractivity contribution < 1.29 is 9.22 Å². The van der Waals surface area contributed by atoms with Crippen LogP contribution in [-0.2, 0) is 9.22 Å². The second kappa shape index (κ2) is 6.15. The van der Waals surface area contributed by atoms with Gasteiger partial charge in [-0.1, -0.05) is 33.5 Å². The summed E-state index contributed by atoms with van der Waals surface area (Å²) >= 11 is 0. The van der Waals surface area contributed by atoms with Gasteiger partial charge in [-0.2, -0.15) is 0 Å². The van der Waals surface area contributed by atoms with Gasteiger partial charge in [-0.05, 0) is 32.0 Å².